The summed E-state index contributed by atoms with van der Waals surface area (Å²) in [5.41, 5.74) is 3.48. The van der Waals surface area contributed by atoms with Crippen LogP contribution in [0.3, 0.4) is 0 Å². The molecule has 0 saturated carbocycles. The van der Waals surface area contributed by atoms with Gasteiger partial charge >= 0.3 is 5.97 Å². The van der Waals surface area contributed by atoms with Gasteiger partial charge in [-0.2, -0.15) is 0 Å². The summed E-state index contributed by atoms with van der Waals surface area (Å²) in [6.45, 7) is 10.5. The van der Waals surface area contributed by atoms with Gasteiger partial charge in [-0.3, -0.25) is 0 Å². The first kappa shape index (κ1) is 24.5. The molecule has 0 fully saturated rings. The van der Waals surface area contributed by atoms with Gasteiger partial charge in [0.1, 0.15) is 12.4 Å². The molecule has 0 amide bonds. The van der Waals surface area contributed by atoms with Gasteiger partial charge in [0.25, 0.3) is 0 Å². The molecule has 0 aromatic heterocycles. The van der Waals surface area contributed by atoms with E-state index < -0.39 is 5.97 Å². The Labute approximate surface area is 197 Å². The molecule has 0 bridgehead atoms. The van der Waals surface area contributed by atoms with Crippen molar-refractivity contribution in [2.75, 3.05) is 6.54 Å². The van der Waals surface area contributed by atoms with Crippen LogP contribution in [0.25, 0.3) is 0 Å². The van der Waals surface area contributed by atoms with Gasteiger partial charge in [-0.05, 0) is 57.0 Å². The van der Waals surface area contributed by atoms with Crippen molar-refractivity contribution in [3.63, 3.8) is 0 Å². The van der Waals surface area contributed by atoms with Gasteiger partial charge in [-0.25, -0.2) is 4.79 Å². The van der Waals surface area contributed by atoms with Crippen LogP contribution in [0.2, 0.25) is 0 Å². The number of nitrogens with one attached hydrogen (secondary N) is 1. The Morgan fingerprint density at radius 3 is 2.06 bits per heavy atom. The van der Waals surface area contributed by atoms with E-state index in [1.807, 2.05) is 54.6 Å². The first-order valence-corrected chi connectivity index (χ1v) is 11.8. The van der Waals surface area contributed by atoms with Crippen molar-refractivity contribution in [1.82, 2.24) is 0 Å². The summed E-state index contributed by atoms with van der Waals surface area (Å²) in [6, 6.07) is 26.7. The van der Waals surface area contributed by atoms with Crippen LogP contribution in [0.4, 0.5) is 0 Å². The van der Waals surface area contributed by atoms with Crippen molar-refractivity contribution in [3.05, 3.63) is 101 Å². The molecule has 1 atom stereocenters. The van der Waals surface area contributed by atoms with Crippen LogP contribution in [0.15, 0.2) is 78.9 Å². The predicted octanol–water partition coefficient (Wildman–Crippen LogP) is 5.19. The highest BCUT2D eigenvalue weighted by Crippen LogP contribution is 2.35. The lowest BCUT2D eigenvalue weighted by molar-refractivity contribution is -0.942. The molecule has 33 heavy (non-hydrogen) atoms. The van der Waals surface area contributed by atoms with Crippen molar-refractivity contribution >= 4 is 5.97 Å². The van der Waals surface area contributed by atoms with Gasteiger partial charge in [0.15, 0.2) is 0 Å². The molecule has 0 aliphatic carbocycles. The zero-order chi connectivity index (χ0) is 23.8. The predicted molar refractivity (Wildman–Crippen MR) is 133 cm³/mol. The monoisotopic (exact) mass is 446 g/mol. The van der Waals surface area contributed by atoms with Crippen LogP contribution < -0.4 is 9.64 Å². The molecule has 3 rings (SSSR count). The Hall–Kier alpha value is -3.11. The molecular weight excluding hydrogens is 410 g/mol. The van der Waals surface area contributed by atoms with E-state index in [1.54, 1.807) is 12.1 Å². The topological polar surface area (TPSA) is 51.0 Å². The minimum Gasteiger partial charge on any atom is -0.489 e. The maximum absolute atomic E-state index is 11.8. The fourth-order valence-corrected chi connectivity index (χ4v) is 4.56. The molecule has 0 aliphatic rings. The second kappa shape index (κ2) is 11.7. The standard InChI is InChI=1S/C29H35NO3/c1-21(2)30(22(3)4)18-17-26(24-13-9-6-10-14-24)27-19-25(29(31)32)15-16-28(27)33-20-23-11-7-5-8-12-23/h5-16,19,21-22,26H,17-18,20H2,1-4H3,(H,31,32)/p+1. The van der Waals surface area contributed by atoms with Gasteiger partial charge in [0.2, 0.25) is 0 Å². The fourth-order valence-electron chi connectivity index (χ4n) is 4.56. The summed E-state index contributed by atoms with van der Waals surface area (Å²) < 4.78 is 6.26. The first-order chi connectivity index (χ1) is 15.9. The van der Waals surface area contributed by atoms with Gasteiger partial charge in [-0.15, -0.1) is 0 Å². The summed E-state index contributed by atoms with van der Waals surface area (Å²) in [5, 5.41) is 9.68. The smallest absolute Gasteiger partial charge is 0.335 e. The Morgan fingerprint density at radius 2 is 1.48 bits per heavy atom. The van der Waals surface area contributed by atoms with Gasteiger partial charge in [-0.1, -0.05) is 60.7 Å². The second-order valence-corrected chi connectivity index (χ2v) is 9.22. The number of hydrogen-bond acceptors (Lipinski definition) is 2. The van der Waals surface area contributed by atoms with Crippen molar-refractivity contribution in [2.45, 2.75) is 58.7 Å². The average molecular weight is 447 g/mol. The van der Waals surface area contributed by atoms with E-state index in [9.17, 15) is 9.90 Å². The van der Waals surface area contributed by atoms with Crippen LogP contribution in [0.1, 0.15) is 67.1 Å². The van der Waals surface area contributed by atoms with Gasteiger partial charge in [0, 0.05) is 17.9 Å². The SMILES string of the molecule is CC(C)[NH+](CCC(c1ccccc1)c1cc(C(=O)O)ccc1OCc1ccccc1)C(C)C. The Kier molecular flexibility index (Phi) is 8.67. The molecule has 3 aromatic rings. The highest BCUT2D eigenvalue weighted by atomic mass is 16.5. The van der Waals surface area contributed by atoms with Crippen LogP contribution in [0.5, 0.6) is 5.75 Å². The Morgan fingerprint density at radius 1 is 0.879 bits per heavy atom. The molecule has 2 N–H and O–H groups in total. The minimum absolute atomic E-state index is 0.0452. The third-order valence-corrected chi connectivity index (χ3v) is 6.28. The number of carbonyl (C=O) groups is 1. The van der Waals surface area contributed by atoms with E-state index in [0.717, 1.165) is 29.8 Å². The Bertz CT molecular complexity index is 1010. The molecule has 0 saturated heterocycles. The minimum atomic E-state index is -0.922. The van der Waals surface area contributed by atoms with Crippen LogP contribution in [-0.2, 0) is 6.61 Å². The lowest BCUT2D eigenvalue weighted by atomic mass is 9.86. The number of hydrogen-bond donors (Lipinski definition) is 2. The highest BCUT2D eigenvalue weighted by Gasteiger charge is 2.25. The number of carboxylic acid groups (broad SMARTS) is 1. The van der Waals surface area contributed by atoms with E-state index in [2.05, 4.69) is 39.8 Å². The maximum atomic E-state index is 11.8. The molecule has 0 heterocycles. The maximum Gasteiger partial charge on any atom is 0.335 e. The van der Waals surface area contributed by atoms with E-state index >= 15 is 0 Å². The Balaban J connectivity index is 1.99. The largest absolute Gasteiger partial charge is 0.489 e. The normalized spacial score (nSPS) is 12.3. The molecule has 0 aliphatic heterocycles. The quantitative estimate of drug-likeness (QED) is 0.426. The summed E-state index contributed by atoms with van der Waals surface area (Å²) in [4.78, 5) is 13.3. The summed E-state index contributed by atoms with van der Waals surface area (Å²) >= 11 is 0. The summed E-state index contributed by atoms with van der Waals surface area (Å²) in [7, 11) is 0. The molecule has 0 spiro atoms. The van der Waals surface area contributed by atoms with Crippen LogP contribution in [-0.4, -0.2) is 29.7 Å². The van der Waals surface area contributed by atoms with Crippen molar-refractivity contribution < 1.29 is 19.5 Å². The molecule has 3 aromatic carbocycles. The average Bonchev–Trinajstić information content (AvgIpc) is 2.81. The second-order valence-electron chi connectivity index (χ2n) is 9.22. The number of ether oxygens (including phenoxy) is 1. The van der Waals surface area contributed by atoms with E-state index in [4.69, 9.17) is 4.74 Å². The first-order valence-electron chi connectivity index (χ1n) is 11.8. The third kappa shape index (κ3) is 6.69. The lowest BCUT2D eigenvalue weighted by Crippen LogP contribution is -3.17. The molecule has 0 radical (unpaired) electrons. The van der Waals surface area contributed by atoms with E-state index in [-0.39, 0.29) is 11.5 Å². The molecule has 174 valence electrons. The van der Waals surface area contributed by atoms with E-state index in [0.29, 0.717) is 18.7 Å². The molecule has 4 nitrogen and oxygen atoms in total. The van der Waals surface area contributed by atoms with Crippen molar-refractivity contribution in [2.24, 2.45) is 0 Å². The number of quaternary nitrogens is 1. The van der Waals surface area contributed by atoms with Gasteiger partial charge < -0.3 is 14.7 Å². The fraction of sp³-hybridized carbons (Fsp3) is 0.345. The van der Waals surface area contributed by atoms with Crippen LogP contribution in [0, 0.1) is 0 Å². The number of carboxylic acids is 1. The summed E-state index contributed by atoms with van der Waals surface area (Å²) in [6.07, 6.45) is 0.903. The van der Waals surface area contributed by atoms with E-state index in [1.165, 1.54) is 10.5 Å². The molecule has 1 unspecified atom stereocenters. The van der Waals surface area contributed by atoms with Crippen molar-refractivity contribution in [1.29, 1.82) is 0 Å². The number of aromatic carboxylic acids is 1. The number of benzene rings is 3. The van der Waals surface area contributed by atoms with Gasteiger partial charge in [0.05, 0.1) is 24.2 Å². The zero-order valence-electron chi connectivity index (χ0n) is 20.1. The molecular formula is C29H36NO3+. The number of rotatable bonds is 11. The van der Waals surface area contributed by atoms with Crippen LogP contribution >= 0.6 is 0 Å². The third-order valence-electron chi connectivity index (χ3n) is 6.28. The molecule has 4 heteroatoms. The lowest BCUT2D eigenvalue weighted by Gasteiger charge is -2.30. The summed E-state index contributed by atoms with van der Waals surface area (Å²) in [5.74, 6) is -0.133. The highest BCUT2D eigenvalue weighted by molar-refractivity contribution is 5.88. The zero-order valence-corrected chi connectivity index (χ0v) is 20.1. The van der Waals surface area contributed by atoms with Crippen molar-refractivity contribution in [3.8, 4) is 5.75 Å².